The molecular weight excluding hydrogens is 945 g/mol. The maximum Gasteiger partial charge on any atom is 0.249 e. The summed E-state index contributed by atoms with van der Waals surface area (Å²) in [4.78, 5) is 0. The fourth-order valence-electron chi connectivity index (χ4n) is 11.4. The van der Waals surface area contributed by atoms with Gasteiger partial charge in [0.1, 0.15) is 17.1 Å². The molecule has 0 bridgehead atoms. The highest BCUT2D eigenvalue weighted by Gasteiger charge is 2.28. The summed E-state index contributed by atoms with van der Waals surface area (Å²) in [6, 6.07) is 70.0. The van der Waals surface area contributed by atoms with Gasteiger partial charge in [-0.3, -0.25) is 0 Å². The van der Waals surface area contributed by atoms with Gasteiger partial charge in [0.2, 0.25) is 17.7 Å². The largest absolute Gasteiger partial charge is 0.249 e. The van der Waals surface area contributed by atoms with E-state index < -0.39 is 0 Å². The van der Waals surface area contributed by atoms with Crippen LogP contribution in [-0.4, -0.2) is 4.57 Å². The number of imidazole rings is 1. The molecule has 0 unspecified atom stereocenters. The molecule has 392 valence electrons. The van der Waals surface area contributed by atoms with Crippen LogP contribution in [0.2, 0.25) is 0 Å². The smallest absolute Gasteiger partial charge is 0.233 e. The lowest BCUT2D eigenvalue weighted by Gasteiger charge is -2.20. The second-order valence-electron chi connectivity index (χ2n) is 25.4. The standard InChI is InChI=1S/C74H79N4/c1-51-40-70(56-26-16-14-17-27-56)75(47-72(5,6)7)45-68(51)66-34-24-22-32-64(66)59-42-58(63-31-21-20-30-62(63)55-36-38-61(39-37-55)78-50-77(49-74(11,12)13)53(3)54(78)4)43-60(44-59)65-33-23-25-35-67(65)69-46-76(48-73(8,9)10)71(41-52(69)2)57-28-18-15-19-29-57/h14-46,50H,47-49H2,1-13H3/q+3. The molecule has 10 rings (SSSR count). The van der Waals surface area contributed by atoms with E-state index in [-0.39, 0.29) is 16.2 Å². The molecule has 0 aliphatic rings. The Hall–Kier alpha value is -7.95. The Bertz CT molecular complexity index is 3610. The second-order valence-corrected chi connectivity index (χ2v) is 25.4. The first-order chi connectivity index (χ1) is 37.2. The minimum atomic E-state index is 0.0613. The van der Waals surface area contributed by atoms with Crippen molar-refractivity contribution in [2.45, 2.75) is 110 Å². The van der Waals surface area contributed by atoms with Gasteiger partial charge in [0.15, 0.2) is 25.5 Å². The molecule has 10 aromatic rings. The molecule has 0 amide bonds. The van der Waals surface area contributed by atoms with Crippen molar-refractivity contribution < 1.29 is 13.7 Å². The molecule has 0 fully saturated rings. The zero-order valence-electron chi connectivity index (χ0n) is 48.5. The number of nitrogens with zero attached hydrogens (tertiary/aromatic N) is 4. The Kier molecular flexibility index (Phi) is 14.7. The van der Waals surface area contributed by atoms with Crippen LogP contribution in [0.4, 0.5) is 0 Å². The van der Waals surface area contributed by atoms with Crippen LogP contribution in [0.1, 0.15) is 84.8 Å². The molecule has 4 heteroatoms. The van der Waals surface area contributed by atoms with Gasteiger partial charge in [-0.1, -0.05) is 184 Å². The second kappa shape index (κ2) is 21.5. The van der Waals surface area contributed by atoms with Crippen molar-refractivity contribution in [2.75, 3.05) is 0 Å². The van der Waals surface area contributed by atoms with E-state index in [1.807, 2.05) is 0 Å². The number of aromatic nitrogens is 4. The van der Waals surface area contributed by atoms with E-state index >= 15 is 0 Å². The Balaban J connectivity index is 1.17. The Morgan fingerprint density at radius 3 is 1.04 bits per heavy atom. The molecule has 7 aromatic carbocycles. The summed E-state index contributed by atoms with van der Waals surface area (Å²) in [5, 5.41) is 0. The van der Waals surface area contributed by atoms with Crippen LogP contribution in [0, 0.1) is 43.9 Å². The average Bonchev–Trinajstić information content (AvgIpc) is 3.87. The van der Waals surface area contributed by atoms with Crippen molar-refractivity contribution in [2.24, 2.45) is 16.2 Å². The fourth-order valence-corrected chi connectivity index (χ4v) is 11.4. The predicted molar refractivity (Wildman–Crippen MR) is 327 cm³/mol. The average molecular weight is 1020 g/mol. The lowest BCUT2D eigenvalue weighted by atomic mass is 9.85. The van der Waals surface area contributed by atoms with Gasteiger partial charge in [-0.05, 0) is 141 Å². The molecule has 3 heterocycles. The zero-order valence-corrected chi connectivity index (χ0v) is 48.5. The van der Waals surface area contributed by atoms with Gasteiger partial charge >= 0.3 is 0 Å². The minimum Gasteiger partial charge on any atom is -0.233 e. The molecule has 0 saturated heterocycles. The number of aryl methyl sites for hydroxylation is 2. The molecule has 0 saturated carbocycles. The maximum atomic E-state index is 2.48. The maximum absolute atomic E-state index is 2.48. The topological polar surface area (TPSA) is 16.6 Å². The first-order valence-electron chi connectivity index (χ1n) is 28.0. The highest BCUT2D eigenvalue weighted by Crippen LogP contribution is 2.43. The quantitative estimate of drug-likeness (QED) is 0.108. The molecule has 0 N–H and O–H groups in total. The molecule has 78 heavy (non-hydrogen) atoms. The van der Waals surface area contributed by atoms with Gasteiger partial charge in [-0.25, -0.2) is 4.57 Å². The normalized spacial score (nSPS) is 12.1. The SMILES string of the molecule is Cc1cc(-c2ccccc2)[n+](CC(C)(C)C)cc1-c1ccccc1-c1cc(-c2ccccc2-c2ccc(-n3c[n+](CC(C)(C)C)c(C)c3C)cc2)cc(-c2ccccc2-c2c[n+](CC(C)(C)C)c(-c3ccccc3)cc2C)c1. The summed E-state index contributed by atoms with van der Waals surface area (Å²) >= 11 is 0. The molecule has 0 atom stereocenters. The van der Waals surface area contributed by atoms with E-state index in [0.29, 0.717) is 0 Å². The Labute approximate surface area is 466 Å². The van der Waals surface area contributed by atoms with Gasteiger partial charge in [0.25, 0.3) is 0 Å². The summed E-state index contributed by atoms with van der Waals surface area (Å²) < 4.78 is 9.70. The van der Waals surface area contributed by atoms with E-state index in [4.69, 9.17) is 0 Å². The number of hydrogen-bond acceptors (Lipinski definition) is 0. The van der Waals surface area contributed by atoms with Crippen LogP contribution in [0.15, 0.2) is 207 Å². The third-order valence-corrected chi connectivity index (χ3v) is 15.1. The van der Waals surface area contributed by atoms with Crippen molar-refractivity contribution in [3.05, 3.63) is 229 Å². The lowest BCUT2D eigenvalue weighted by Crippen LogP contribution is -2.42. The number of benzene rings is 7. The van der Waals surface area contributed by atoms with Gasteiger partial charge < -0.3 is 0 Å². The predicted octanol–water partition coefficient (Wildman–Crippen LogP) is 18.0. The third kappa shape index (κ3) is 11.7. The highest BCUT2D eigenvalue weighted by molar-refractivity contribution is 5.94. The summed E-state index contributed by atoms with van der Waals surface area (Å²) in [6.07, 6.45) is 7.10. The molecule has 0 aliphatic carbocycles. The van der Waals surface area contributed by atoms with Crippen LogP contribution in [0.5, 0.6) is 0 Å². The van der Waals surface area contributed by atoms with Gasteiger partial charge in [-0.15, -0.1) is 0 Å². The fraction of sp³-hybridized carbons (Fsp3) is 0.257. The number of rotatable bonds is 12. The van der Waals surface area contributed by atoms with Gasteiger partial charge in [0, 0.05) is 59.1 Å². The van der Waals surface area contributed by atoms with E-state index in [9.17, 15) is 0 Å². The Morgan fingerprint density at radius 2 is 0.654 bits per heavy atom. The van der Waals surface area contributed by atoms with E-state index in [0.717, 1.165) is 25.3 Å². The van der Waals surface area contributed by atoms with Gasteiger partial charge in [0.05, 0.1) is 6.54 Å². The van der Waals surface area contributed by atoms with Crippen molar-refractivity contribution in [1.82, 2.24) is 4.57 Å². The number of pyridine rings is 2. The summed E-state index contributed by atoms with van der Waals surface area (Å²) in [5.74, 6) is 0. The first-order valence-corrected chi connectivity index (χ1v) is 28.0. The van der Waals surface area contributed by atoms with Gasteiger partial charge in [-0.2, -0.15) is 13.7 Å². The Morgan fingerprint density at radius 1 is 0.321 bits per heavy atom. The van der Waals surface area contributed by atoms with Crippen molar-refractivity contribution in [1.29, 1.82) is 0 Å². The molecule has 3 aromatic heterocycles. The highest BCUT2D eigenvalue weighted by atomic mass is 15.1. The summed E-state index contributed by atoms with van der Waals surface area (Å²) in [7, 11) is 0. The van der Waals surface area contributed by atoms with Crippen LogP contribution in [0.3, 0.4) is 0 Å². The van der Waals surface area contributed by atoms with E-state index in [1.54, 1.807) is 0 Å². The van der Waals surface area contributed by atoms with Crippen LogP contribution >= 0.6 is 0 Å². The van der Waals surface area contributed by atoms with E-state index in [2.05, 4.69) is 315 Å². The zero-order chi connectivity index (χ0) is 55.1. The summed E-state index contributed by atoms with van der Waals surface area (Å²) in [5.41, 5.74) is 25.8. The molecule has 4 nitrogen and oxygen atoms in total. The molecule has 0 radical (unpaired) electrons. The lowest BCUT2D eigenvalue weighted by molar-refractivity contribution is -0.713. The van der Waals surface area contributed by atoms with Crippen molar-refractivity contribution in [3.8, 4) is 95.0 Å². The molecule has 0 spiro atoms. The number of hydrogen-bond donors (Lipinski definition) is 0. The monoisotopic (exact) mass is 1020 g/mol. The van der Waals surface area contributed by atoms with Crippen molar-refractivity contribution in [3.63, 3.8) is 0 Å². The van der Waals surface area contributed by atoms with E-state index in [1.165, 1.54) is 112 Å². The van der Waals surface area contributed by atoms with Crippen LogP contribution in [0.25, 0.3) is 95.0 Å². The summed E-state index contributed by atoms with van der Waals surface area (Å²) in [6.45, 7) is 32.6. The minimum absolute atomic E-state index is 0.0613. The van der Waals surface area contributed by atoms with Crippen molar-refractivity contribution >= 4 is 0 Å². The molecular formula is C74H79N4+3. The third-order valence-electron chi connectivity index (χ3n) is 15.1. The molecule has 0 aliphatic heterocycles. The first kappa shape index (κ1) is 53.4. The van der Waals surface area contributed by atoms with Crippen LogP contribution in [-0.2, 0) is 19.6 Å². The van der Waals surface area contributed by atoms with Crippen LogP contribution < -0.4 is 13.7 Å².